The molecule has 3 aromatic rings. The third-order valence-electron chi connectivity index (χ3n) is 4.61. The first kappa shape index (κ1) is 16.4. The van der Waals surface area contributed by atoms with E-state index >= 15 is 0 Å². The molecule has 0 aliphatic heterocycles. The fourth-order valence-corrected chi connectivity index (χ4v) is 2.91. The second-order valence-electron chi connectivity index (χ2n) is 7.44. The van der Waals surface area contributed by atoms with E-state index in [9.17, 15) is 0 Å². The molecular formula is C23H25N. The molecule has 122 valence electrons. The van der Waals surface area contributed by atoms with Gasteiger partial charge in [0, 0.05) is 17.7 Å². The van der Waals surface area contributed by atoms with E-state index < -0.39 is 0 Å². The zero-order chi connectivity index (χ0) is 17.2. The van der Waals surface area contributed by atoms with Gasteiger partial charge < -0.3 is 0 Å². The Bertz CT molecular complexity index is 795. The Morgan fingerprint density at radius 2 is 1.54 bits per heavy atom. The summed E-state index contributed by atoms with van der Waals surface area (Å²) in [5.74, 6) is 0.355. The Balaban J connectivity index is 1.88. The first-order chi connectivity index (χ1) is 11.4. The lowest BCUT2D eigenvalue weighted by Gasteiger charge is -2.19. The molecule has 0 spiro atoms. The molecule has 0 saturated carbocycles. The fraction of sp³-hybridized carbons (Fsp3) is 0.261. The molecule has 1 atom stereocenters. The second-order valence-corrected chi connectivity index (χ2v) is 7.44. The molecule has 24 heavy (non-hydrogen) atoms. The minimum absolute atomic E-state index is 0.151. The monoisotopic (exact) mass is 315 g/mol. The van der Waals surface area contributed by atoms with Crippen molar-refractivity contribution < 1.29 is 0 Å². The summed E-state index contributed by atoms with van der Waals surface area (Å²) in [6.07, 6.45) is 2.01. The van der Waals surface area contributed by atoms with Crippen LogP contribution in [0.4, 0.5) is 0 Å². The molecule has 1 unspecified atom stereocenters. The van der Waals surface area contributed by atoms with E-state index in [0.29, 0.717) is 5.92 Å². The molecule has 0 N–H and O–H groups in total. The lowest BCUT2D eigenvalue weighted by atomic mass is 9.86. The van der Waals surface area contributed by atoms with Crippen LogP contribution >= 0.6 is 0 Å². The highest BCUT2D eigenvalue weighted by Gasteiger charge is 2.14. The summed E-state index contributed by atoms with van der Waals surface area (Å²) in [6.45, 7) is 8.95. The number of hydrogen-bond donors (Lipinski definition) is 0. The standard InChI is InChI=1S/C23H25N/c1-17(18-9-6-5-7-10-18)20-13-14-22(24-16-20)19-11-8-12-21(15-19)23(2,3)4/h5-17H,1-4H3. The van der Waals surface area contributed by atoms with Crippen LogP contribution < -0.4 is 0 Å². The average Bonchev–Trinajstić information content (AvgIpc) is 2.61. The molecule has 0 fully saturated rings. The van der Waals surface area contributed by atoms with Crippen molar-refractivity contribution in [3.63, 3.8) is 0 Å². The quantitative estimate of drug-likeness (QED) is 0.561. The molecular weight excluding hydrogens is 290 g/mol. The highest BCUT2D eigenvalue weighted by Crippen LogP contribution is 2.28. The van der Waals surface area contributed by atoms with Crippen LogP contribution in [0.2, 0.25) is 0 Å². The minimum Gasteiger partial charge on any atom is -0.256 e. The molecule has 0 aliphatic carbocycles. The zero-order valence-corrected chi connectivity index (χ0v) is 15.0. The summed E-state index contributed by atoms with van der Waals surface area (Å²) in [5.41, 5.74) is 6.27. The molecule has 0 bridgehead atoms. The van der Waals surface area contributed by atoms with E-state index in [0.717, 1.165) is 5.69 Å². The lowest BCUT2D eigenvalue weighted by molar-refractivity contribution is 0.590. The Morgan fingerprint density at radius 1 is 0.792 bits per heavy atom. The van der Waals surface area contributed by atoms with Crippen molar-refractivity contribution in [1.29, 1.82) is 0 Å². The van der Waals surface area contributed by atoms with Gasteiger partial charge in [-0.2, -0.15) is 0 Å². The van der Waals surface area contributed by atoms with Gasteiger partial charge in [-0.15, -0.1) is 0 Å². The fourth-order valence-electron chi connectivity index (χ4n) is 2.91. The Hall–Kier alpha value is -2.41. The zero-order valence-electron chi connectivity index (χ0n) is 15.0. The Kier molecular flexibility index (Phi) is 4.53. The third-order valence-corrected chi connectivity index (χ3v) is 4.61. The first-order valence-corrected chi connectivity index (χ1v) is 8.57. The van der Waals surface area contributed by atoms with Crippen LogP contribution in [0.3, 0.4) is 0 Å². The van der Waals surface area contributed by atoms with Crippen LogP contribution in [0.1, 0.15) is 50.3 Å². The highest BCUT2D eigenvalue weighted by atomic mass is 14.7. The van der Waals surface area contributed by atoms with E-state index in [4.69, 9.17) is 4.98 Å². The summed E-state index contributed by atoms with van der Waals surface area (Å²) in [5, 5.41) is 0. The normalized spacial score (nSPS) is 12.8. The van der Waals surface area contributed by atoms with Crippen LogP contribution in [0.15, 0.2) is 72.9 Å². The number of pyridine rings is 1. The molecule has 1 heteroatoms. The van der Waals surface area contributed by atoms with Crippen LogP contribution in [0, 0.1) is 0 Å². The van der Waals surface area contributed by atoms with Gasteiger partial charge in [-0.25, -0.2) is 0 Å². The van der Waals surface area contributed by atoms with Crippen molar-refractivity contribution in [1.82, 2.24) is 4.98 Å². The largest absolute Gasteiger partial charge is 0.256 e. The van der Waals surface area contributed by atoms with Crippen molar-refractivity contribution in [2.24, 2.45) is 0 Å². The van der Waals surface area contributed by atoms with Crippen LogP contribution in [-0.2, 0) is 5.41 Å². The van der Waals surface area contributed by atoms with Crippen molar-refractivity contribution >= 4 is 0 Å². The predicted molar refractivity (Wildman–Crippen MR) is 102 cm³/mol. The minimum atomic E-state index is 0.151. The summed E-state index contributed by atoms with van der Waals surface area (Å²) in [6, 6.07) is 23.6. The van der Waals surface area contributed by atoms with Crippen molar-refractivity contribution in [2.45, 2.75) is 39.0 Å². The summed E-state index contributed by atoms with van der Waals surface area (Å²) < 4.78 is 0. The second kappa shape index (κ2) is 6.60. The van der Waals surface area contributed by atoms with E-state index in [1.54, 1.807) is 0 Å². The molecule has 0 saturated heterocycles. The average molecular weight is 315 g/mol. The molecule has 3 rings (SSSR count). The van der Waals surface area contributed by atoms with Gasteiger partial charge in [0.25, 0.3) is 0 Å². The smallest absolute Gasteiger partial charge is 0.0702 e. The maximum absolute atomic E-state index is 4.72. The number of benzene rings is 2. The van der Waals surface area contributed by atoms with Gasteiger partial charge in [-0.05, 0) is 34.2 Å². The van der Waals surface area contributed by atoms with Gasteiger partial charge in [0.15, 0.2) is 0 Å². The van der Waals surface area contributed by atoms with Gasteiger partial charge in [0.1, 0.15) is 0 Å². The molecule has 0 aliphatic rings. The van der Waals surface area contributed by atoms with Crippen molar-refractivity contribution in [2.75, 3.05) is 0 Å². The summed E-state index contributed by atoms with van der Waals surface area (Å²) >= 11 is 0. The van der Waals surface area contributed by atoms with E-state index in [1.165, 1.54) is 22.3 Å². The molecule has 2 aromatic carbocycles. The highest BCUT2D eigenvalue weighted by molar-refractivity contribution is 5.60. The van der Waals surface area contributed by atoms with Crippen LogP contribution in [-0.4, -0.2) is 4.98 Å². The number of aromatic nitrogens is 1. The predicted octanol–water partition coefficient (Wildman–Crippen LogP) is 6.20. The van der Waals surface area contributed by atoms with Crippen molar-refractivity contribution in [3.8, 4) is 11.3 Å². The van der Waals surface area contributed by atoms with E-state index in [2.05, 4.69) is 94.4 Å². The lowest BCUT2D eigenvalue weighted by Crippen LogP contribution is -2.10. The van der Waals surface area contributed by atoms with E-state index in [-0.39, 0.29) is 5.41 Å². The molecule has 1 aromatic heterocycles. The SMILES string of the molecule is CC(c1ccccc1)c1ccc(-c2cccc(C(C)(C)C)c2)nc1. The van der Waals surface area contributed by atoms with Crippen LogP contribution in [0.25, 0.3) is 11.3 Å². The number of hydrogen-bond acceptors (Lipinski definition) is 1. The first-order valence-electron chi connectivity index (χ1n) is 8.57. The van der Waals surface area contributed by atoms with Gasteiger partial charge in [0.05, 0.1) is 5.69 Å². The number of nitrogens with zero attached hydrogens (tertiary/aromatic N) is 1. The van der Waals surface area contributed by atoms with Gasteiger partial charge in [-0.3, -0.25) is 4.98 Å². The maximum atomic E-state index is 4.72. The third kappa shape index (κ3) is 3.56. The molecule has 1 nitrogen and oxygen atoms in total. The topological polar surface area (TPSA) is 12.9 Å². The summed E-state index contributed by atoms with van der Waals surface area (Å²) in [4.78, 5) is 4.72. The van der Waals surface area contributed by atoms with Gasteiger partial charge >= 0.3 is 0 Å². The Labute approximate surface area is 145 Å². The molecule has 1 heterocycles. The van der Waals surface area contributed by atoms with Gasteiger partial charge in [0.2, 0.25) is 0 Å². The summed E-state index contributed by atoms with van der Waals surface area (Å²) in [7, 11) is 0. The van der Waals surface area contributed by atoms with E-state index in [1.807, 2.05) is 6.20 Å². The number of rotatable bonds is 3. The van der Waals surface area contributed by atoms with Gasteiger partial charge in [-0.1, -0.05) is 82.3 Å². The molecule has 0 amide bonds. The Morgan fingerprint density at radius 3 is 2.17 bits per heavy atom. The van der Waals surface area contributed by atoms with Crippen molar-refractivity contribution in [3.05, 3.63) is 89.6 Å². The maximum Gasteiger partial charge on any atom is 0.0702 e. The molecule has 0 radical (unpaired) electrons. The van der Waals surface area contributed by atoms with Crippen LogP contribution in [0.5, 0.6) is 0 Å².